The largest absolute Gasteiger partial charge is 0.465 e. The van der Waals surface area contributed by atoms with E-state index in [-0.39, 0.29) is 11.9 Å². The van der Waals surface area contributed by atoms with Crippen LogP contribution in [0.15, 0.2) is 0 Å². The van der Waals surface area contributed by atoms with Gasteiger partial charge in [0.1, 0.15) is 0 Å². The van der Waals surface area contributed by atoms with Crippen LogP contribution in [0, 0.1) is 5.92 Å². The van der Waals surface area contributed by atoms with Crippen molar-refractivity contribution in [3.63, 3.8) is 0 Å². The predicted molar refractivity (Wildman–Crippen MR) is 73.7 cm³/mol. The quantitative estimate of drug-likeness (QED) is 0.557. The van der Waals surface area contributed by atoms with E-state index in [1.54, 1.807) is 6.92 Å². The lowest BCUT2D eigenvalue weighted by atomic mass is 9.97. The zero-order valence-electron chi connectivity index (χ0n) is 12.1. The van der Waals surface area contributed by atoms with Crippen LogP contribution in [-0.4, -0.2) is 49.6 Å². The molecule has 0 radical (unpaired) electrons. The fraction of sp³-hybridized carbons (Fsp3) is 0.857. The van der Waals surface area contributed by atoms with Crippen LogP contribution in [0.3, 0.4) is 0 Å². The molecule has 0 aromatic heterocycles. The van der Waals surface area contributed by atoms with E-state index in [1.165, 1.54) is 0 Å². The number of amides is 1. The minimum absolute atomic E-state index is 0.0296. The molecule has 1 heterocycles. The number of hydrogen-bond acceptors (Lipinski definition) is 4. The minimum atomic E-state index is -0.117. The van der Waals surface area contributed by atoms with Crippen LogP contribution >= 0.6 is 0 Å². The zero-order valence-corrected chi connectivity index (χ0v) is 12.1. The number of piperidine rings is 1. The van der Waals surface area contributed by atoms with Gasteiger partial charge in [0.2, 0.25) is 5.91 Å². The number of unbranched alkanes of at least 4 members (excludes halogenated alkanes) is 1. The molecule has 5 heteroatoms. The molecule has 1 saturated heterocycles. The molecule has 0 aromatic rings. The third-order valence-corrected chi connectivity index (χ3v) is 3.46. The fourth-order valence-electron chi connectivity index (χ4n) is 2.20. The zero-order chi connectivity index (χ0) is 14.1. The lowest BCUT2D eigenvalue weighted by Crippen LogP contribution is -2.40. The Morgan fingerprint density at radius 1 is 1.32 bits per heavy atom. The molecule has 0 bridgehead atoms. The number of rotatable bonds is 7. The topological polar surface area (TPSA) is 58.6 Å². The molecular formula is C14H26N2O3. The van der Waals surface area contributed by atoms with Crippen LogP contribution in [0.4, 0.5) is 0 Å². The van der Waals surface area contributed by atoms with Gasteiger partial charge in [0.25, 0.3) is 0 Å². The molecule has 0 saturated carbocycles. The van der Waals surface area contributed by atoms with Gasteiger partial charge in [-0.2, -0.15) is 0 Å². The van der Waals surface area contributed by atoms with Crippen molar-refractivity contribution < 1.29 is 14.3 Å². The van der Waals surface area contributed by atoms with E-state index in [2.05, 4.69) is 17.1 Å². The molecule has 110 valence electrons. The van der Waals surface area contributed by atoms with Gasteiger partial charge in [-0.15, -0.1) is 0 Å². The summed E-state index contributed by atoms with van der Waals surface area (Å²) in [4.78, 5) is 24.5. The minimum Gasteiger partial charge on any atom is -0.465 e. The number of carbonyl (C=O) groups excluding carboxylic acids is 2. The van der Waals surface area contributed by atoms with Gasteiger partial charge in [-0.1, -0.05) is 13.3 Å². The Labute approximate surface area is 115 Å². The fourth-order valence-corrected chi connectivity index (χ4v) is 2.20. The number of carbonyl (C=O) groups is 2. The highest BCUT2D eigenvalue weighted by atomic mass is 16.5. The standard InChI is InChI=1S/C14H26N2O3/c1-3-4-9-19-14(18)11-16-7-5-13(6-8-16)10-15-12(2)17/h13H,3-11H2,1-2H3,(H,15,17). The van der Waals surface area contributed by atoms with Crippen molar-refractivity contribution in [1.82, 2.24) is 10.2 Å². The van der Waals surface area contributed by atoms with Crippen molar-refractivity contribution in [2.24, 2.45) is 5.92 Å². The Kier molecular flexibility index (Phi) is 7.48. The summed E-state index contributed by atoms with van der Waals surface area (Å²) < 4.78 is 5.15. The van der Waals surface area contributed by atoms with Gasteiger partial charge in [0, 0.05) is 13.5 Å². The molecule has 5 nitrogen and oxygen atoms in total. The van der Waals surface area contributed by atoms with Crippen molar-refractivity contribution in [2.75, 3.05) is 32.8 Å². The smallest absolute Gasteiger partial charge is 0.320 e. The maximum atomic E-state index is 11.6. The summed E-state index contributed by atoms with van der Waals surface area (Å²) in [6.45, 7) is 7.13. The number of nitrogens with one attached hydrogen (secondary N) is 1. The molecule has 0 aliphatic carbocycles. The van der Waals surface area contributed by atoms with Gasteiger partial charge >= 0.3 is 5.97 Å². The van der Waals surface area contributed by atoms with Crippen molar-refractivity contribution in [3.8, 4) is 0 Å². The van der Waals surface area contributed by atoms with E-state index in [4.69, 9.17) is 4.74 Å². The van der Waals surface area contributed by atoms with Gasteiger partial charge < -0.3 is 10.1 Å². The number of esters is 1. The number of hydrogen-bond donors (Lipinski definition) is 1. The van der Waals surface area contributed by atoms with E-state index >= 15 is 0 Å². The molecule has 1 rings (SSSR count). The van der Waals surface area contributed by atoms with Crippen LogP contribution in [-0.2, 0) is 14.3 Å². The Balaban J connectivity index is 2.12. The summed E-state index contributed by atoms with van der Waals surface area (Å²) in [6, 6.07) is 0. The third kappa shape index (κ3) is 7.15. The van der Waals surface area contributed by atoms with Gasteiger partial charge in [0.05, 0.1) is 13.2 Å². The summed E-state index contributed by atoms with van der Waals surface area (Å²) in [5, 5.41) is 2.86. The Morgan fingerprint density at radius 2 is 2.00 bits per heavy atom. The Morgan fingerprint density at radius 3 is 2.58 bits per heavy atom. The van der Waals surface area contributed by atoms with Crippen LogP contribution in [0.25, 0.3) is 0 Å². The predicted octanol–water partition coefficient (Wildman–Crippen LogP) is 1.18. The van der Waals surface area contributed by atoms with Gasteiger partial charge in [-0.25, -0.2) is 0 Å². The second-order valence-electron chi connectivity index (χ2n) is 5.23. The van der Waals surface area contributed by atoms with E-state index in [0.29, 0.717) is 19.1 Å². The summed E-state index contributed by atoms with van der Waals surface area (Å²) in [6.07, 6.45) is 4.04. The van der Waals surface area contributed by atoms with E-state index in [9.17, 15) is 9.59 Å². The van der Waals surface area contributed by atoms with Crippen LogP contribution in [0.5, 0.6) is 0 Å². The highest BCUT2D eigenvalue weighted by molar-refractivity contribution is 5.72. The molecule has 1 fully saturated rings. The molecule has 1 aliphatic heterocycles. The number of nitrogens with zero attached hydrogens (tertiary/aromatic N) is 1. The monoisotopic (exact) mass is 270 g/mol. The van der Waals surface area contributed by atoms with Crippen LogP contribution in [0.1, 0.15) is 39.5 Å². The number of ether oxygens (including phenoxy) is 1. The third-order valence-electron chi connectivity index (χ3n) is 3.46. The van der Waals surface area contributed by atoms with Crippen molar-refractivity contribution >= 4 is 11.9 Å². The van der Waals surface area contributed by atoms with E-state index < -0.39 is 0 Å². The first-order valence-corrected chi connectivity index (χ1v) is 7.24. The van der Waals surface area contributed by atoms with Gasteiger partial charge in [-0.05, 0) is 38.3 Å². The molecular weight excluding hydrogens is 244 g/mol. The molecule has 1 aliphatic rings. The first kappa shape index (κ1) is 16.0. The Hall–Kier alpha value is -1.10. The van der Waals surface area contributed by atoms with Crippen molar-refractivity contribution in [3.05, 3.63) is 0 Å². The highest BCUT2D eigenvalue weighted by Crippen LogP contribution is 2.16. The SMILES string of the molecule is CCCCOC(=O)CN1CCC(CNC(C)=O)CC1. The van der Waals surface area contributed by atoms with Gasteiger partial charge in [-0.3, -0.25) is 14.5 Å². The lowest BCUT2D eigenvalue weighted by molar-refractivity contribution is -0.145. The van der Waals surface area contributed by atoms with E-state index in [1.807, 2.05) is 0 Å². The summed E-state index contributed by atoms with van der Waals surface area (Å²) >= 11 is 0. The lowest BCUT2D eigenvalue weighted by Gasteiger charge is -2.31. The van der Waals surface area contributed by atoms with Gasteiger partial charge in [0.15, 0.2) is 0 Å². The normalized spacial score (nSPS) is 17.2. The van der Waals surface area contributed by atoms with Crippen molar-refractivity contribution in [2.45, 2.75) is 39.5 Å². The average molecular weight is 270 g/mol. The molecule has 0 spiro atoms. The summed E-state index contributed by atoms with van der Waals surface area (Å²) in [7, 11) is 0. The van der Waals surface area contributed by atoms with E-state index in [0.717, 1.165) is 45.3 Å². The second-order valence-corrected chi connectivity index (χ2v) is 5.23. The molecule has 19 heavy (non-hydrogen) atoms. The first-order valence-electron chi connectivity index (χ1n) is 7.24. The molecule has 0 aromatic carbocycles. The maximum absolute atomic E-state index is 11.6. The molecule has 0 unspecified atom stereocenters. The number of likely N-dealkylation sites (tertiary alicyclic amines) is 1. The summed E-state index contributed by atoms with van der Waals surface area (Å²) in [5.41, 5.74) is 0. The van der Waals surface area contributed by atoms with Crippen LogP contribution in [0.2, 0.25) is 0 Å². The second kappa shape index (κ2) is 8.91. The molecule has 1 amide bonds. The highest BCUT2D eigenvalue weighted by Gasteiger charge is 2.21. The molecule has 0 atom stereocenters. The Bertz CT molecular complexity index is 286. The first-order chi connectivity index (χ1) is 9.11. The van der Waals surface area contributed by atoms with Crippen molar-refractivity contribution in [1.29, 1.82) is 0 Å². The average Bonchev–Trinajstić information content (AvgIpc) is 2.38. The van der Waals surface area contributed by atoms with Crippen LogP contribution < -0.4 is 5.32 Å². The summed E-state index contributed by atoms with van der Waals surface area (Å²) in [5.74, 6) is 0.451. The molecule has 1 N–H and O–H groups in total. The maximum Gasteiger partial charge on any atom is 0.320 e.